The van der Waals surface area contributed by atoms with Gasteiger partial charge in [-0.2, -0.15) is 0 Å². The molecule has 0 aliphatic heterocycles. The minimum absolute atomic E-state index is 0.0340. The molecule has 0 spiro atoms. The maximum atomic E-state index is 11.0. The Morgan fingerprint density at radius 3 is 2.62 bits per heavy atom. The summed E-state index contributed by atoms with van der Waals surface area (Å²) in [5, 5.41) is 2.79. The van der Waals surface area contributed by atoms with Gasteiger partial charge in [0.05, 0.1) is 6.04 Å². The Balaban J connectivity index is 2.63. The van der Waals surface area contributed by atoms with E-state index in [1.54, 1.807) is 0 Å². The van der Waals surface area contributed by atoms with Crippen LogP contribution in [0, 0.1) is 0 Å². The highest BCUT2D eigenvalue weighted by molar-refractivity contribution is 5.87. The van der Waals surface area contributed by atoms with Gasteiger partial charge in [-0.05, 0) is 18.6 Å². The smallest absolute Gasteiger partial charge is 0.243 e. The van der Waals surface area contributed by atoms with E-state index in [-0.39, 0.29) is 11.9 Å². The zero-order chi connectivity index (χ0) is 9.68. The van der Waals surface area contributed by atoms with Crippen molar-refractivity contribution in [2.24, 2.45) is 0 Å². The summed E-state index contributed by atoms with van der Waals surface area (Å²) in [5.41, 5.74) is 1.10. The van der Waals surface area contributed by atoms with Crippen LogP contribution in [0.25, 0.3) is 0 Å². The fourth-order valence-corrected chi connectivity index (χ4v) is 1.10. The van der Waals surface area contributed by atoms with Crippen LogP contribution in [0.1, 0.15) is 18.5 Å². The van der Waals surface area contributed by atoms with Crippen molar-refractivity contribution < 1.29 is 4.79 Å². The number of benzene rings is 1. The number of carbonyl (C=O) groups is 1. The first-order valence-corrected chi connectivity index (χ1v) is 4.22. The predicted molar refractivity (Wildman–Crippen MR) is 53.2 cm³/mol. The van der Waals surface area contributed by atoms with Crippen LogP contribution in [-0.2, 0) is 4.79 Å². The summed E-state index contributed by atoms with van der Waals surface area (Å²) in [6.45, 7) is 5.34. The second-order valence-electron chi connectivity index (χ2n) is 2.85. The second kappa shape index (κ2) is 4.45. The van der Waals surface area contributed by atoms with E-state index in [0.717, 1.165) is 5.56 Å². The molecule has 13 heavy (non-hydrogen) atoms. The molecule has 1 unspecified atom stereocenters. The highest BCUT2D eigenvalue weighted by Gasteiger charge is 2.05. The Labute approximate surface area is 78.3 Å². The standard InChI is InChI=1S/C11H13NO/c1-3-11(13)12-9(2)10-7-5-4-6-8-10/h3-9H,1H2,2H3,(H,12,13). The molecule has 0 saturated carbocycles. The van der Waals surface area contributed by atoms with Gasteiger partial charge in [0.1, 0.15) is 0 Å². The lowest BCUT2D eigenvalue weighted by Crippen LogP contribution is -2.24. The summed E-state index contributed by atoms with van der Waals surface area (Å²) in [6.07, 6.45) is 1.28. The van der Waals surface area contributed by atoms with E-state index >= 15 is 0 Å². The largest absolute Gasteiger partial charge is 0.346 e. The van der Waals surface area contributed by atoms with Gasteiger partial charge in [-0.25, -0.2) is 0 Å². The molecule has 1 aromatic rings. The summed E-state index contributed by atoms with van der Waals surface area (Å²) >= 11 is 0. The number of carbonyl (C=O) groups excluding carboxylic acids is 1. The van der Waals surface area contributed by atoms with E-state index in [9.17, 15) is 4.79 Å². The monoisotopic (exact) mass is 175 g/mol. The van der Waals surface area contributed by atoms with Crippen LogP contribution in [0.4, 0.5) is 0 Å². The first-order chi connectivity index (χ1) is 6.24. The van der Waals surface area contributed by atoms with Gasteiger partial charge < -0.3 is 5.32 Å². The summed E-state index contributed by atoms with van der Waals surface area (Å²) in [4.78, 5) is 11.0. The predicted octanol–water partition coefficient (Wildman–Crippen LogP) is 2.05. The molecular weight excluding hydrogens is 162 g/mol. The minimum atomic E-state index is -0.142. The van der Waals surface area contributed by atoms with Gasteiger partial charge in [-0.3, -0.25) is 4.79 Å². The molecule has 1 aromatic carbocycles. The van der Waals surface area contributed by atoms with Crippen molar-refractivity contribution in [2.75, 3.05) is 0 Å². The Hall–Kier alpha value is -1.57. The molecule has 0 bridgehead atoms. The third kappa shape index (κ3) is 2.75. The molecule has 0 radical (unpaired) electrons. The maximum absolute atomic E-state index is 11.0. The molecule has 0 aliphatic rings. The van der Waals surface area contributed by atoms with Crippen LogP contribution in [0.15, 0.2) is 43.0 Å². The van der Waals surface area contributed by atoms with Crippen molar-refractivity contribution in [3.63, 3.8) is 0 Å². The lowest BCUT2D eigenvalue weighted by molar-refractivity contribution is -0.117. The van der Waals surface area contributed by atoms with Gasteiger partial charge in [0, 0.05) is 0 Å². The van der Waals surface area contributed by atoms with Crippen molar-refractivity contribution in [2.45, 2.75) is 13.0 Å². The van der Waals surface area contributed by atoms with Gasteiger partial charge in [0.15, 0.2) is 0 Å². The van der Waals surface area contributed by atoms with Gasteiger partial charge in [-0.15, -0.1) is 0 Å². The van der Waals surface area contributed by atoms with Crippen molar-refractivity contribution in [3.05, 3.63) is 48.6 Å². The lowest BCUT2D eigenvalue weighted by Gasteiger charge is -2.12. The Morgan fingerprint density at radius 2 is 2.08 bits per heavy atom. The quantitative estimate of drug-likeness (QED) is 0.700. The Bertz CT molecular complexity index is 292. The molecule has 1 atom stereocenters. The highest BCUT2D eigenvalue weighted by atomic mass is 16.1. The van der Waals surface area contributed by atoms with Crippen LogP contribution in [-0.4, -0.2) is 5.91 Å². The number of nitrogens with one attached hydrogen (secondary N) is 1. The van der Waals surface area contributed by atoms with Gasteiger partial charge >= 0.3 is 0 Å². The number of hydrogen-bond acceptors (Lipinski definition) is 1. The van der Waals surface area contributed by atoms with Crippen molar-refractivity contribution >= 4 is 5.91 Å². The van der Waals surface area contributed by atoms with Crippen LogP contribution in [0.5, 0.6) is 0 Å². The molecule has 2 nitrogen and oxygen atoms in total. The number of hydrogen-bond donors (Lipinski definition) is 1. The second-order valence-corrected chi connectivity index (χ2v) is 2.85. The highest BCUT2D eigenvalue weighted by Crippen LogP contribution is 2.10. The van der Waals surface area contributed by atoms with Crippen LogP contribution < -0.4 is 5.32 Å². The fraction of sp³-hybridized carbons (Fsp3) is 0.182. The molecule has 0 aliphatic carbocycles. The zero-order valence-electron chi connectivity index (χ0n) is 7.66. The van der Waals surface area contributed by atoms with E-state index in [4.69, 9.17) is 0 Å². The van der Waals surface area contributed by atoms with Crippen molar-refractivity contribution in [1.29, 1.82) is 0 Å². The van der Waals surface area contributed by atoms with Crippen LogP contribution in [0.2, 0.25) is 0 Å². The van der Waals surface area contributed by atoms with E-state index in [1.165, 1.54) is 6.08 Å². The molecule has 68 valence electrons. The molecule has 2 heteroatoms. The van der Waals surface area contributed by atoms with Gasteiger partial charge in [0.25, 0.3) is 0 Å². The van der Waals surface area contributed by atoms with Crippen LogP contribution >= 0.6 is 0 Å². The number of rotatable bonds is 3. The molecule has 0 fully saturated rings. The average molecular weight is 175 g/mol. The van der Waals surface area contributed by atoms with Crippen LogP contribution in [0.3, 0.4) is 0 Å². The molecule has 1 N–H and O–H groups in total. The molecule has 0 heterocycles. The Kier molecular flexibility index (Phi) is 3.26. The van der Waals surface area contributed by atoms with Gasteiger partial charge in [0.2, 0.25) is 5.91 Å². The fourth-order valence-electron chi connectivity index (χ4n) is 1.10. The first-order valence-electron chi connectivity index (χ1n) is 4.22. The van der Waals surface area contributed by atoms with E-state index < -0.39 is 0 Å². The Morgan fingerprint density at radius 1 is 1.46 bits per heavy atom. The summed E-state index contributed by atoms with van der Waals surface area (Å²) in [5.74, 6) is -0.142. The van der Waals surface area contributed by atoms with E-state index in [2.05, 4.69) is 11.9 Å². The summed E-state index contributed by atoms with van der Waals surface area (Å²) in [6, 6.07) is 9.84. The molecule has 1 rings (SSSR count). The average Bonchev–Trinajstić information content (AvgIpc) is 2.19. The lowest BCUT2D eigenvalue weighted by atomic mass is 10.1. The molecule has 1 amide bonds. The summed E-state index contributed by atoms with van der Waals surface area (Å²) in [7, 11) is 0. The maximum Gasteiger partial charge on any atom is 0.243 e. The normalized spacial score (nSPS) is 11.8. The first kappa shape index (κ1) is 9.52. The molecule has 0 saturated heterocycles. The molecule has 0 aromatic heterocycles. The third-order valence-electron chi connectivity index (χ3n) is 1.84. The molecular formula is C11H13NO. The van der Waals surface area contributed by atoms with Crippen molar-refractivity contribution in [3.8, 4) is 0 Å². The minimum Gasteiger partial charge on any atom is -0.346 e. The van der Waals surface area contributed by atoms with Gasteiger partial charge in [-0.1, -0.05) is 36.9 Å². The summed E-state index contributed by atoms with van der Waals surface area (Å²) < 4.78 is 0. The van der Waals surface area contributed by atoms with Crippen molar-refractivity contribution in [1.82, 2.24) is 5.32 Å². The van der Waals surface area contributed by atoms with E-state index in [1.807, 2.05) is 37.3 Å². The third-order valence-corrected chi connectivity index (χ3v) is 1.84. The van der Waals surface area contributed by atoms with E-state index in [0.29, 0.717) is 0 Å². The topological polar surface area (TPSA) is 29.1 Å². The number of amides is 1. The SMILES string of the molecule is C=CC(=O)NC(C)c1ccccc1. The zero-order valence-corrected chi connectivity index (χ0v) is 7.66.